The first-order chi connectivity index (χ1) is 10.6. The number of benzene rings is 1. The number of aryl methyl sites for hydroxylation is 1. The molecule has 2 rings (SSSR count). The van der Waals surface area contributed by atoms with Gasteiger partial charge in [-0.2, -0.15) is 0 Å². The molecule has 1 heterocycles. The van der Waals surface area contributed by atoms with E-state index in [4.69, 9.17) is 0 Å². The van der Waals surface area contributed by atoms with Gasteiger partial charge < -0.3 is 4.90 Å². The van der Waals surface area contributed by atoms with Gasteiger partial charge in [0.15, 0.2) is 5.78 Å². The van der Waals surface area contributed by atoms with Crippen molar-refractivity contribution in [2.75, 3.05) is 11.4 Å². The summed E-state index contributed by atoms with van der Waals surface area (Å²) >= 11 is 1.45. The molecule has 0 aliphatic rings. The summed E-state index contributed by atoms with van der Waals surface area (Å²) in [5, 5.41) is 1.90. The van der Waals surface area contributed by atoms with Crippen LogP contribution in [0.4, 0.5) is 5.69 Å². The Morgan fingerprint density at radius 3 is 2.59 bits per heavy atom. The molecule has 3 nitrogen and oxygen atoms in total. The number of nitrogens with zero attached hydrogens (tertiary/aromatic N) is 1. The van der Waals surface area contributed by atoms with Gasteiger partial charge in [-0.25, -0.2) is 0 Å². The molecule has 0 atom stereocenters. The molecule has 116 valence electrons. The van der Waals surface area contributed by atoms with Crippen LogP contribution < -0.4 is 4.90 Å². The Morgan fingerprint density at radius 1 is 1.14 bits per heavy atom. The number of carbonyl (C=O) groups is 2. The largest absolute Gasteiger partial charge is 0.313 e. The van der Waals surface area contributed by atoms with Gasteiger partial charge in [0.25, 0.3) is 0 Å². The monoisotopic (exact) mass is 315 g/mol. The van der Waals surface area contributed by atoms with Crippen LogP contribution in [0.2, 0.25) is 0 Å². The minimum atomic E-state index is 0.0760. The van der Waals surface area contributed by atoms with Crippen molar-refractivity contribution >= 4 is 28.7 Å². The van der Waals surface area contributed by atoms with Crippen LogP contribution in [-0.4, -0.2) is 18.2 Å². The summed E-state index contributed by atoms with van der Waals surface area (Å²) in [6.07, 6.45) is 1.43. The van der Waals surface area contributed by atoms with Crippen molar-refractivity contribution in [2.45, 2.75) is 33.1 Å². The predicted octanol–water partition coefficient (Wildman–Crippen LogP) is 4.46. The third-order valence-electron chi connectivity index (χ3n) is 3.52. The van der Waals surface area contributed by atoms with Gasteiger partial charge in [0, 0.05) is 25.1 Å². The van der Waals surface area contributed by atoms with Crippen molar-refractivity contribution in [1.82, 2.24) is 0 Å². The fourth-order valence-corrected chi connectivity index (χ4v) is 3.09. The number of hydrogen-bond donors (Lipinski definition) is 0. The second-order valence-electron chi connectivity index (χ2n) is 5.23. The van der Waals surface area contributed by atoms with Gasteiger partial charge in [0.1, 0.15) is 0 Å². The summed E-state index contributed by atoms with van der Waals surface area (Å²) in [5.74, 6) is 0.202. The Hall–Kier alpha value is -1.94. The SMILES string of the molecule is CCN(C(=O)CCCC(=O)c1cccs1)c1cccc(C)c1. The topological polar surface area (TPSA) is 37.4 Å². The van der Waals surface area contributed by atoms with Crippen LogP contribution in [0.5, 0.6) is 0 Å². The highest BCUT2D eigenvalue weighted by Crippen LogP contribution is 2.18. The van der Waals surface area contributed by atoms with E-state index in [1.807, 2.05) is 55.6 Å². The fourth-order valence-electron chi connectivity index (χ4n) is 2.39. The zero-order valence-corrected chi connectivity index (χ0v) is 13.9. The third-order valence-corrected chi connectivity index (χ3v) is 4.43. The first-order valence-electron chi connectivity index (χ1n) is 7.55. The molecule has 4 heteroatoms. The van der Waals surface area contributed by atoms with Crippen molar-refractivity contribution < 1.29 is 9.59 Å². The Balaban J connectivity index is 1.89. The molecule has 22 heavy (non-hydrogen) atoms. The van der Waals surface area contributed by atoms with Crippen LogP contribution in [0.15, 0.2) is 41.8 Å². The maximum atomic E-state index is 12.4. The van der Waals surface area contributed by atoms with Gasteiger partial charge in [-0.3, -0.25) is 9.59 Å². The van der Waals surface area contributed by atoms with Gasteiger partial charge in [0.2, 0.25) is 5.91 Å². The lowest BCUT2D eigenvalue weighted by Gasteiger charge is -2.21. The Bertz CT molecular complexity index is 634. The molecule has 0 bridgehead atoms. The van der Waals surface area contributed by atoms with Gasteiger partial charge in [-0.1, -0.05) is 18.2 Å². The second-order valence-corrected chi connectivity index (χ2v) is 6.18. The van der Waals surface area contributed by atoms with Crippen LogP contribution in [0, 0.1) is 6.92 Å². The number of anilines is 1. The highest BCUT2D eigenvalue weighted by Gasteiger charge is 2.15. The normalized spacial score (nSPS) is 10.5. The number of carbonyl (C=O) groups excluding carboxylic acids is 2. The van der Waals surface area contributed by atoms with Crippen LogP contribution in [0.25, 0.3) is 0 Å². The molecule has 0 unspecified atom stereocenters. The van der Waals surface area contributed by atoms with Crippen molar-refractivity contribution in [2.24, 2.45) is 0 Å². The van der Waals surface area contributed by atoms with Crippen molar-refractivity contribution in [3.8, 4) is 0 Å². The van der Waals surface area contributed by atoms with Crippen molar-refractivity contribution in [3.63, 3.8) is 0 Å². The fraction of sp³-hybridized carbons (Fsp3) is 0.333. The summed E-state index contributed by atoms with van der Waals surface area (Å²) < 4.78 is 0. The highest BCUT2D eigenvalue weighted by atomic mass is 32.1. The summed E-state index contributed by atoms with van der Waals surface area (Å²) in [6, 6.07) is 11.6. The maximum absolute atomic E-state index is 12.4. The van der Waals surface area contributed by atoms with E-state index in [0.717, 1.165) is 16.1 Å². The lowest BCUT2D eigenvalue weighted by atomic mass is 10.1. The van der Waals surface area contributed by atoms with E-state index in [0.29, 0.717) is 25.8 Å². The van der Waals surface area contributed by atoms with E-state index in [1.165, 1.54) is 11.3 Å². The van der Waals surface area contributed by atoms with Crippen molar-refractivity contribution in [1.29, 1.82) is 0 Å². The molecule has 0 radical (unpaired) electrons. The van der Waals surface area contributed by atoms with Gasteiger partial charge in [-0.05, 0) is 49.4 Å². The number of thiophene rings is 1. The van der Waals surface area contributed by atoms with Crippen LogP contribution >= 0.6 is 11.3 Å². The van der Waals surface area contributed by atoms with Gasteiger partial charge >= 0.3 is 0 Å². The average molecular weight is 315 g/mol. The van der Waals surface area contributed by atoms with E-state index in [1.54, 1.807) is 4.90 Å². The second kappa shape index (κ2) is 7.90. The quantitative estimate of drug-likeness (QED) is 0.707. The highest BCUT2D eigenvalue weighted by molar-refractivity contribution is 7.12. The first kappa shape index (κ1) is 16.4. The number of amides is 1. The minimum absolute atomic E-state index is 0.0760. The maximum Gasteiger partial charge on any atom is 0.226 e. The van der Waals surface area contributed by atoms with E-state index < -0.39 is 0 Å². The van der Waals surface area contributed by atoms with Crippen molar-refractivity contribution in [3.05, 3.63) is 52.2 Å². The van der Waals surface area contributed by atoms with E-state index in [-0.39, 0.29) is 11.7 Å². The van der Waals surface area contributed by atoms with Gasteiger partial charge in [0.05, 0.1) is 4.88 Å². The molecular formula is C18H21NO2S. The Kier molecular flexibility index (Phi) is 5.90. The number of rotatable bonds is 7. The molecule has 2 aromatic rings. The summed E-state index contributed by atoms with van der Waals surface area (Å²) in [4.78, 5) is 26.9. The molecule has 0 spiro atoms. The van der Waals surface area contributed by atoms with Crippen LogP contribution in [-0.2, 0) is 4.79 Å². The summed E-state index contributed by atoms with van der Waals surface area (Å²) in [5.41, 5.74) is 2.06. The Morgan fingerprint density at radius 2 is 1.95 bits per heavy atom. The molecule has 0 N–H and O–H groups in total. The summed E-state index contributed by atoms with van der Waals surface area (Å²) in [6.45, 7) is 4.62. The molecule has 0 fully saturated rings. The number of Topliss-reactive ketones (excluding diaryl/α,β-unsaturated/α-hetero) is 1. The summed E-state index contributed by atoms with van der Waals surface area (Å²) in [7, 11) is 0. The molecule has 1 amide bonds. The van der Waals surface area contributed by atoms with Crippen LogP contribution in [0.3, 0.4) is 0 Å². The van der Waals surface area contributed by atoms with E-state index in [2.05, 4.69) is 0 Å². The molecule has 0 aliphatic heterocycles. The lowest BCUT2D eigenvalue weighted by Crippen LogP contribution is -2.30. The predicted molar refractivity (Wildman–Crippen MR) is 91.7 cm³/mol. The number of ketones is 1. The molecule has 0 saturated carbocycles. The smallest absolute Gasteiger partial charge is 0.226 e. The Labute approximate surface area is 135 Å². The molecule has 1 aromatic heterocycles. The third kappa shape index (κ3) is 4.28. The van der Waals surface area contributed by atoms with E-state index >= 15 is 0 Å². The molecule has 0 saturated heterocycles. The molecule has 1 aromatic carbocycles. The van der Waals surface area contributed by atoms with E-state index in [9.17, 15) is 9.59 Å². The van der Waals surface area contributed by atoms with Gasteiger partial charge in [-0.15, -0.1) is 11.3 Å². The zero-order chi connectivity index (χ0) is 15.9. The lowest BCUT2D eigenvalue weighted by molar-refractivity contribution is -0.118. The minimum Gasteiger partial charge on any atom is -0.313 e. The number of hydrogen-bond acceptors (Lipinski definition) is 3. The molecule has 0 aliphatic carbocycles. The molecular weight excluding hydrogens is 294 g/mol. The van der Waals surface area contributed by atoms with Crippen LogP contribution in [0.1, 0.15) is 41.4 Å². The first-order valence-corrected chi connectivity index (χ1v) is 8.43. The standard InChI is InChI=1S/C18H21NO2S/c1-3-19(15-8-4-7-14(2)13-15)18(21)11-5-9-16(20)17-10-6-12-22-17/h4,6-8,10,12-13H,3,5,9,11H2,1-2H3. The average Bonchev–Trinajstić information content (AvgIpc) is 3.02. The zero-order valence-electron chi connectivity index (χ0n) is 13.0.